The van der Waals surface area contributed by atoms with Gasteiger partial charge in [-0.05, 0) is 44.5 Å². The molecular formula is C14H18ClN3. The highest BCUT2D eigenvalue weighted by Gasteiger charge is 2.18. The Morgan fingerprint density at radius 2 is 2.39 bits per heavy atom. The van der Waals surface area contributed by atoms with Gasteiger partial charge in [0.2, 0.25) is 0 Å². The van der Waals surface area contributed by atoms with Gasteiger partial charge in [-0.2, -0.15) is 0 Å². The Morgan fingerprint density at radius 3 is 3.11 bits per heavy atom. The van der Waals surface area contributed by atoms with Crippen LogP contribution in [0.1, 0.15) is 25.6 Å². The van der Waals surface area contributed by atoms with Crippen LogP contribution in [0.5, 0.6) is 0 Å². The number of hydrogen-bond acceptors (Lipinski definition) is 2. The lowest BCUT2D eigenvalue weighted by Gasteiger charge is -2.11. The summed E-state index contributed by atoms with van der Waals surface area (Å²) in [6.45, 7) is 4.27. The van der Waals surface area contributed by atoms with Gasteiger partial charge in [-0.3, -0.25) is 0 Å². The molecule has 1 N–H and O–H groups in total. The van der Waals surface area contributed by atoms with E-state index in [1.165, 1.54) is 24.2 Å². The number of nitrogens with one attached hydrogen (secondary N) is 1. The summed E-state index contributed by atoms with van der Waals surface area (Å²) in [5.41, 5.74) is 2.20. The number of halogens is 1. The van der Waals surface area contributed by atoms with Gasteiger partial charge in [0.1, 0.15) is 5.82 Å². The topological polar surface area (TPSA) is 29.9 Å². The highest BCUT2D eigenvalue weighted by molar-refractivity contribution is 6.31. The molecule has 2 aromatic rings. The van der Waals surface area contributed by atoms with Gasteiger partial charge >= 0.3 is 0 Å². The van der Waals surface area contributed by atoms with E-state index in [4.69, 9.17) is 16.6 Å². The number of hydrogen-bond donors (Lipinski definition) is 1. The maximum absolute atomic E-state index is 6.03. The van der Waals surface area contributed by atoms with Gasteiger partial charge in [-0.25, -0.2) is 4.98 Å². The normalized spacial score (nSPS) is 19.8. The minimum Gasteiger partial charge on any atom is -0.328 e. The summed E-state index contributed by atoms with van der Waals surface area (Å²) in [6.07, 6.45) is 3.55. The molecule has 1 aliphatic rings. The van der Waals surface area contributed by atoms with Crippen molar-refractivity contribution in [2.45, 2.75) is 38.8 Å². The molecular weight excluding hydrogens is 246 g/mol. The predicted molar refractivity (Wildman–Crippen MR) is 75.1 cm³/mol. The number of aryl methyl sites for hydroxylation is 1. The van der Waals surface area contributed by atoms with Gasteiger partial charge in [0, 0.05) is 24.0 Å². The Kier molecular flexibility index (Phi) is 3.27. The van der Waals surface area contributed by atoms with E-state index in [1.807, 2.05) is 12.1 Å². The summed E-state index contributed by atoms with van der Waals surface area (Å²) in [6, 6.07) is 6.55. The van der Waals surface area contributed by atoms with Crippen LogP contribution in [0.25, 0.3) is 11.0 Å². The molecule has 4 heteroatoms. The second kappa shape index (κ2) is 4.90. The standard InChI is InChI=1S/C14H18ClN3/c1-2-18-13-6-5-10(15)8-12(13)17-14(18)9-11-4-3-7-16-11/h5-6,8,11,16H,2-4,7,9H2,1H3. The second-order valence-corrected chi connectivity index (χ2v) is 5.34. The molecule has 1 aromatic heterocycles. The van der Waals surface area contributed by atoms with Crippen LogP contribution in [-0.2, 0) is 13.0 Å². The van der Waals surface area contributed by atoms with E-state index in [-0.39, 0.29) is 0 Å². The maximum atomic E-state index is 6.03. The number of nitrogens with zero attached hydrogens (tertiary/aromatic N) is 2. The lowest BCUT2D eigenvalue weighted by molar-refractivity contribution is 0.565. The van der Waals surface area contributed by atoms with E-state index in [2.05, 4.69) is 22.9 Å². The third-order valence-corrected chi connectivity index (χ3v) is 3.93. The Bertz CT molecular complexity index is 555. The van der Waals surface area contributed by atoms with Crippen LogP contribution in [-0.4, -0.2) is 22.1 Å². The molecule has 1 fully saturated rings. The molecule has 1 aromatic carbocycles. The predicted octanol–water partition coefficient (Wildman–Crippen LogP) is 3.00. The molecule has 0 spiro atoms. The summed E-state index contributed by atoms with van der Waals surface area (Å²) in [5, 5.41) is 4.29. The van der Waals surface area contributed by atoms with E-state index in [1.54, 1.807) is 0 Å². The van der Waals surface area contributed by atoms with E-state index < -0.39 is 0 Å². The molecule has 1 unspecified atom stereocenters. The van der Waals surface area contributed by atoms with Crippen molar-refractivity contribution in [3.63, 3.8) is 0 Å². The van der Waals surface area contributed by atoms with Crippen LogP contribution in [0, 0.1) is 0 Å². The Morgan fingerprint density at radius 1 is 1.50 bits per heavy atom. The van der Waals surface area contributed by atoms with Crippen LogP contribution in [0.15, 0.2) is 18.2 Å². The highest BCUT2D eigenvalue weighted by atomic mass is 35.5. The summed E-state index contributed by atoms with van der Waals surface area (Å²) in [4.78, 5) is 4.75. The molecule has 0 radical (unpaired) electrons. The highest BCUT2D eigenvalue weighted by Crippen LogP contribution is 2.22. The number of aromatic nitrogens is 2. The fourth-order valence-corrected chi connectivity index (χ4v) is 2.98. The van der Waals surface area contributed by atoms with Crippen molar-refractivity contribution >= 4 is 22.6 Å². The van der Waals surface area contributed by atoms with Gasteiger partial charge in [0.25, 0.3) is 0 Å². The first-order chi connectivity index (χ1) is 8.78. The zero-order valence-corrected chi connectivity index (χ0v) is 11.4. The fourth-order valence-electron chi connectivity index (χ4n) is 2.81. The van der Waals surface area contributed by atoms with Crippen molar-refractivity contribution in [2.75, 3.05) is 6.54 Å². The summed E-state index contributed by atoms with van der Waals surface area (Å²) < 4.78 is 2.30. The Balaban J connectivity index is 1.99. The fraction of sp³-hybridized carbons (Fsp3) is 0.500. The zero-order chi connectivity index (χ0) is 12.5. The molecule has 0 aliphatic carbocycles. The molecule has 96 valence electrons. The molecule has 0 bridgehead atoms. The first-order valence-electron chi connectivity index (χ1n) is 6.66. The molecule has 0 saturated carbocycles. The third-order valence-electron chi connectivity index (χ3n) is 3.70. The lowest BCUT2D eigenvalue weighted by Crippen LogP contribution is -2.25. The second-order valence-electron chi connectivity index (χ2n) is 4.90. The van der Waals surface area contributed by atoms with Crippen molar-refractivity contribution < 1.29 is 0 Å². The van der Waals surface area contributed by atoms with Crippen LogP contribution in [0.2, 0.25) is 5.02 Å². The van der Waals surface area contributed by atoms with Crippen molar-refractivity contribution in [3.05, 3.63) is 29.0 Å². The summed E-state index contributed by atoms with van der Waals surface area (Å²) >= 11 is 6.03. The molecule has 18 heavy (non-hydrogen) atoms. The Labute approximate surface area is 112 Å². The Hall–Kier alpha value is -1.06. The quantitative estimate of drug-likeness (QED) is 0.923. The van der Waals surface area contributed by atoms with E-state index in [9.17, 15) is 0 Å². The summed E-state index contributed by atoms with van der Waals surface area (Å²) in [5.74, 6) is 1.18. The number of imidazole rings is 1. The van der Waals surface area contributed by atoms with Crippen LogP contribution in [0.3, 0.4) is 0 Å². The van der Waals surface area contributed by atoms with Crippen molar-refractivity contribution in [2.24, 2.45) is 0 Å². The number of fused-ring (bicyclic) bond motifs is 1. The summed E-state index contributed by atoms with van der Waals surface area (Å²) in [7, 11) is 0. The van der Waals surface area contributed by atoms with Crippen molar-refractivity contribution in [1.29, 1.82) is 0 Å². The van der Waals surface area contributed by atoms with E-state index in [0.717, 1.165) is 30.0 Å². The zero-order valence-electron chi connectivity index (χ0n) is 10.6. The first-order valence-corrected chi connectivity index (χ1v) is 7.04. The van der Waals surface area contributed by atoms with Gasteiger partial charge in [0.15, 0.2) is 0 Å². The van der Waals surface area contributed by atoms with Crippen LogP contribution in [0.4, 0.5) is 0 Å². The van der Waals surface area contributed by atoms with Gasteiger partial charge in [-0.15, -0.1) is 0 Å². The van der Waals surface area contributed by atoms with E-state index >= 15 is 0 Å². The smallest absolute Gasteiger partial charge is 0.111 e. The monoisotopic (exact) mass is 263 g/mol. The molecule has 1 saturated heterocycles. The average molecular weight is 264 g/mol. The molecule has 2 heterocycles. The minimum atomic E-state index is 0.586. The van der Waals surface area contributed by atoms with Crippen LogP contribution < -0.4 is 5.32 Å². The van der Waals surface area contributed by atoms with Gasteiger partial charge in [0.05, 0.1) is 11.0 Å². The van der Waals surface area contributed by atoms with E-state index in [0.29, 0.717) is 6.04 Å². The first kappa shape index (κ1) is 12.0. The largest absolute Gasteiger partial charge is 0.328 e. The SMILES string of the molecule is CCn1c(CC2CCCN2)nc2cc(Cl)ccc21. The average Bonchev–Trinajstić information content (AvgIpc) is 2.96. The van der Waals surface area contributed by atoms with Gasteiger partial charge in [-0.1, -0.05) is 11.6 Å². The molecule has 1 aliphatic heterocycles. The third kappa shape index (κ3) is 2.13. The van der Waals surface area contributed by atoms with Crippen molar-refractivity contribution in [3.8, 4) is 0 Å². The minimum absolute atomic E-state index is 0.586. The maximum Gasteiger partial charge on any atom is 0.111 e. The molecule has 3 nitrogen and oxygen atoms in total. The van der Waals surface area contributed by atoms with Crippen molar-refractivity contribution in [1.82, 2.24) is 14.9 Å². The lowest BCUT2D eigenvalue weighted by atomic mass is 10.1. The van der Waals surface area contributed by atoms with Crippen LogP contribution >= 0.6 is 11.6 Å². The molecule has 1 atom stereocenters. The number of benzene rings is 1. The molecule has 0 amide bonds. The number of rotatable bonds is 3. The molecule has 3 rings (SSSR count). The van der Waals surface area contributed by atoms with Gasteiger partial charge < -0.3 is 9.88 Å².